The molecule has 3 nitrogen and oxygen atoms in total. The fourth-order valence-corrected chi connectivity index (χ4v) is 1.87. The Balaban J connectivity index is 2.56. The summed E-state index contributed by atoms with van der Waals surface area (Å²) in [6.45, 7) is 6.27. The SMILES string of the molecule is CCCNC(c1ccoc1)C(C)CCOC. The van der Waals surface area contributed by atoms with Gasteiger partial charge < -0.3 is 14.5 Å². The molecule has 16 heavy (non-hydrogen) atoms. The van der Waals surface area contributed by atoms with Crippen LogP contribution >= 0.6 is 0 Å². The third-order valence-electron chi connectivity index (χ3n) is 2.86. The Bertz CT molecular complexity index is 259. The highest BCUT2D eigenvalue weighted by atomic mass is 16.5. The minimum absolute atomic E-state index is 0.369. The summed E-state index contributed by atoms with van der Waals surface area (Å²) in [5.41, 5.74) is 1.23. The van der Waals surface area contributed by atoms with E-state index in [1.807, 2.05) is 12.3 Å². The molecule has 0 aliphatic carbocycles. The van der Waals surface area contributed by atoms with Gasteiger partial charge in [-0.1, -0.05) is 13.8 Å². The summed E-state index contributed by atoms with van der Waals surface area (Å²) in [4.78, 5) is 0. The molecule has 1 heterocycles. The number of hydrogen-bond donors (Lipinski definition) is 1. The monoisotopic (exact) mass is 225 g/mol. The summed E-state index contributed by atoms with van der Waals surface area (Å²) in [5.74, 6) is 0.545. The predicted octanol–water partition coefficient (Wildman–Crippen LogP) is 2.99. The van der Waals surface area contributed by atoms with E-state index >= 15 is 0 Å². The number of ether oxygens (including phenoxy) is 1. The highest BCUT2D eigenvalue weighted by Gasteiger charge is 2.19. The largest absolute Gasteiger partial charge is 0.472 e. The maximum atomic E-state index is 5.16. The van der Waals surface area contributed by atoms with Crippen molar-refractivity contribution in [2.45, 2.75) is 32.7 Å². The van der Waals surface area contributed by atoms with E-state index in [0.717, 1.165) is 26.0 Å². The van der Waals surface area contributed by atoms with Crippen molar-refractivity contribution in [1.29, 1.82) is 0 Å². The fourth-order valence-electron chi connectivity index (χ4n) is 1.87. The lowest BCUT2D eigenvalue weighted by Gasteiger charge is -2.24. The number of methoxy groups -OCH3 is 1. The quantitative estimate of drug-likeness (QED) is 0.738. The predicted molar refractivity (Wildman–Crippen MR) is 65.4 cm³/mol. The van der Waals surface area contributed by atoms with Crippen molar-refractivity contribution >= 4 is 0 Å². The van der Waals surface area contributed by atoms with Crippen molar-refractivity contribution in [1.82, 2.24) is 5.32 Å². The van der Waals surface area contributed by atoms with Gasteiger partial charge in [-0.05, 0) is 31.4 Å². The Morgan fingerprint density at radius 1 is 1.50 bits per heavy atom. The van der Waals surface area contributed by atoms with E-state index in [1.165, 1.54) is 5.56 Å². The van der Waals surface area contributed by atoms with Crippen LogP contribution in [0.5, 0.6) is 0 Å². The molecule has 1 N–H and O–H groups in total. The first-order valence-corrected chi connectivity index (χ1v) is 6.04. The molecule has 3 heteroatoms. The molecule has 2 unspecified atom stereocenters. The smallest absolute Gasteiger partial charge is 0.0950 e. The first-order valence-electron chi connectivity index (χ1n) is 6.04. The number of hydrogen-bond acceptors (Lipinski definition) is 3. The Morgan fingerprint density at radius 3 is 2.88 bits per heavy atom. The van der Waals surface area contributed by atoms with E-state index in [0.29, 0.717) is 12.0 Å². The van der Waals surface area contributed by atoms with E-state index < -0.39 is 0 Å². The molecule has 0 radical (unpaired) electrons. The zero-order chi connectivity index (χ0) is 11.8. The van der Waals surface area contributed by atoms with Crippen LogP contribution in [0, 0.1) is 5.92 Å². The fraction of sp³-hybridized carbons (Fsp3) is 0.692. The molecule has 0 aromatic carbocycles. The van der Waals surface area contributed by atoms with Gasteiger partial charge >= 0.3 is 0 Å². The molecule has 0 aliphatic rings. The maximum Gasteiger partial charge on any atom is 0.0950 e. The summed E-state index contributed by atoms with van der Waals surface area (Å²) < 4.78 is 10.3. The standard InChI is InChI=1S/C13H23NO2/c1-4-7-14-13(11(2)5-8-15-3)12-6-9-16-10-12/h6,9-11,13-14H,4-5,7-8H2,1-3H3. The molecule has 1 aromatic rings. The Labute approximate surface area is 98.2 Å². The number of furan rings is 1. The molecule has 0 fully saturated rings. The summed E-state index contributed by atoms with van der Waals surface area (Å²) >= 11 is 0. The zero-order valence-corrected chi connectivity index (χ0v) is 10.5. The van der Waals surface area contributed by atoms with Gasteiger partial charge in [0.05, 0.1) is 12.5 Å². The molecule has 0 amide bonds. The van der Waals surface area contributed by atoms with Gasteiger partial charge in [0.2, 0.25) is 0 Å². The highest BCUT2D eigenvalue weighted by molar-refractivity contribution is 5.12. The van der Waals surface area contributed by atoms with Crippen molar-refractivity contribution in [2.75, 3.05) is 20.3 Å². The topological polar surface area (TPSA) is 34.4 Å². The van der Waals surface area contributed by atoms with Gasteiger partial charge in [0.25, 0.3) is 0 Å². The van der Waals surface area contributed by atoms with Crippen LogP contribution in [0.3, 0.4) is 0 Å². The van der Waals surface area contributed by atoms with E-state index in [2.05, 4.69) is 19.2 Å². The zero-order valence-electron chi connectivity index (χ0n) is 10.5. The normalized spacial score (nSPS) is 14.9. The molecular formula is C13H23NO2. The molecule has 0 aliphatic heterocycles. The van der Waals surface area contributed by atoms with Crippen molar-refractivity contribution in [3.63, 3.8) is 0 Å². The van der Waals surface area contributed by atoms with Gasteiger partial charge in [0, 0.05) is 25.3 Å². The average Bonchev–Trinajstić information content (AvgIpc) is 2.80. The van der Waals surface area contributed by atoms with Crippen LogP contribution in [0.4, 0.5) is 0 Å². The van der Waals surface area contributed by atoms with Gasteiger partial charge in [0.1, 0.15) is 0 Å². The second kappa shape index (κ2) is 7.47. The van der Waals surface area contributed by atoms with Crippen molar-refractivity contribution < 1.29 is 9.15 Å². The van der Waals surface area contributed by atoms with Crippen molar-refractivity contribution in [2.24, 2.45) is 5.92 Å². The average molecular weight is 225 g/mol. The van der Waals surface area contributed by atoms with E-state index in [4.69, 9.17) is 9.15 Å². The van der Waals surface area contributed by atoms with Gasteiger partial charge in [-0.3, -0.25) is 0 Å². The Morgan fingerprint density at radius 2 is 2.31 bits per heavy atom. The summed E-state index contributed by atoms with van der Waals surface area (Å²) in [6.07, 6.45) is 5.77. The van der Waals surface area contributed by atoms with Gasteiger partial charge in [-0.25, -0.2) is 0 Å². The van der Waals surface area contributed by atoms with Gasteiger partial charge in [-0.2, -0.15) is 0 Å². The Hall–Kier alpha value is -0.800. The van der Waals surface area contributed by atoms with Crippen LogP contribution in [0.2, 0.25) is 0 Å². The molecule has 1 rings (SSSR count). The lowest BCUT2D eigenvalue weighted by Crippen LogP contribution is -2.28. The highest BCUT2D eigenvalue weighted by Crippen LogP contribution is 2.24. The first-order chi connectivity index (χ1) is 7.79. The molecule has 0 bridgehead atoms. The summed E-state index contributed by atoms with van der Waals surface area (Å²) in [5, 5.41) is 3.56. The van der Waals surface area contributed by atoms with E-state index in [9.17, 15) is 0 Å². The van der Waals surface area contributed by atoms with Gasteiger partial charge in [0.15, 0.2) is 0 Å². The van der Waals surface area contributed by atoms with Crippen LogP contribution in [0.1, 0.15) is 38.3 Å². The second-order valence-corrected chi connectivity index (χ2v) is 4.25. The van der Waals surface area contributed by atoms with Crippen LogP contribution < -0.4 is 5.32 Å². The molecule has 0 saturated heterocycles. The molecule has 0 spiro atoms. The lowest BCUT2D eigenvalue weighted by molar-refractivity contribution is 0.170. The molecule has 92 valence electrons. The molecule has 2 atom stereocenters. The molecular weight excluding hydrogens is 202 g/mol. The maximum absolute atomic E-state index is 5.16. The van der Waals surface area contributed by atoms with Crippen LogP contribution in [0.15, 0.2) is 23.0 Å². The van der Waals surface area contributed by atoms with E-state index in [-0.39, 0.29) is 0 Å². The van der Waals surface area contributed by atoms with Crippen LogP contribution in [-0.4, -0.2) is 20.3 Å². The van der Waals surface area contributed by atoms with Gasteiger partial charge in [-0.15, -0.1) is 0 Å². The van der Waals surface area contributed by atoms with Crippen LogP contribution in [0.25, 0.3) is 0 Å². The Kier molecular flexibility index (Phi) is 6.19. The van der Waals surface area contributed by atoms with E-state index in [1.54, 1.807) is 13.4 Å². The third-order valence-corrected chi connectivity index (χ3v) is 2.86. The van der Waals surface area contributed by atoms with Crippen molar-refractivity contribution in [3.8, 4) is 0 Å². The number of nitrogens with one attached hydrogen (secondary N) is 1. The molecule has 1 aromatic heterocycles. The second-order valence-electron chi connectivity index (χ2n) is 4.25. The minimum atomic E-state index is 0.369. The number of rotatable bonds is 8. The third kappa shape index (κ3) is 3.99. The summed E-state index contributed by atoms with van der Waals surface area (Å²) in [7, 11) is 1.75. The van der Waals surface area contributed by atoms with Crippen LogP contribution in [-0.2, 0) is 4.74 Å². The van der Waals surface area contributed by atoms with Crippen molar-refractivity contribution in [3.05, 3.63) is 24.2 Å². The molecule has 0 saturated carbocycles. The minimum Gasteiger partial charge on any atom is -0.472 e. The first kappa shape index (κ1) is 13.3. The summed E-state index contributed by atoms with van der Waals surface area (Å²) in [6, 6.07) is 2.41. The lowest BCUT2D eigenvalue weighted by atomic mass is 9.94.